The fraction of sp³-hybridized carbons (Fsp3) is 0.125. The molecule has 3 aromatic rings. The lowest BCUT2D eigenvalue weighted by Gasteiger charge is -2.03. The lowest BCUT2D eigenvalue weighted by Crippen LogP contribution is -2.19. The molecular formula is C16H14N2O3. The first kappa shape index (κ1) is 13.2. The molecule has 5 heteroatoms. The van der Waals surface area contributed by atoms with Crippen molar-refractivity contribution in [3.63, 3.8) is 0 Å². The zero-order chi connectivity index (χ0) is 15.1. The molecular weight excluding hydrogens is 268 g/mol. The van der Waals surface area contributed by atoms with Crippen LogP contribution in [0.25, 0.3) is 11.0 Å². The number of benzene rings is 2. The number of aromatic hydroxyl groups is 1. The number of nitrogens with zero attached hydrogens (tertiary/aromatic N) is 2. The number of carbonyl (C=O) groups excluding carboxylic acids is 1. The molecule has 0 aliphatic rings. The number of hydrogen-bond donors (Lipinski definition) is 1. The fourth-order valence-corrected chi connectivity index (χ4v) is 2.46. The number of rotatable bonds is 2. The van der Waals surface area contributed by atoms with E-state index < -0.39 is 0 Å². The van der Waals surface area contributed by atoms with Crippen molar-refractivity contribution in [1.29, 1.82) is 0 Å². The first-order valence-electron chi connectivity index (χ1n) is 6.48. The van der Waals surface area contributed by atoms with Crippen molar-refractivity contribution >= 4 is 16.8 Å². The van der Waals surface area contributed by atoms with E-state index in [1.165, 1.54) is 21.3 Å². The van der Waals surface area contributed by atoms with E-state index in [4.69, 9.17) is 0 Å². The standard InChI is InChI=1S/C16H14N2O3/c1-17-13-7-6-11(9-14(13)18(2)16(17)21)15(20)10-4-3-5-12(19)8-10/h3-9,19H,1-2H3. The minimum atomic E-state index is -0.191. The highest BCUT2D eigenvalue weighted by Crippen LogP contribution is 2.19. The molecule has 1 N–H and O–H groups in total. The molecule has 0 saturated heterocycles. The van der Waals surface area contributed by atoms with Gasteiger partial charge >= 0.3 is 5.69 Å². The van der Waals surface area contributed by atoms with Gasteiger partial charge < -0.3 is 5.11 Å². The molecule has 0 unspecified atom stereocenters. The number of imidazole rings is 1. The van der Waals surface area contributed by atoms with E-state index in [0.29, 0.717) is 16.6 Å². The average molecular weight is 282 g/mol. The smallest absolute Gasteiger partial charge is 0.328 e. The van der Waals surface area contributed by atoms with Gasteiger partial charge in [0.25, 0.3) is 0 Å². The zero-order valence-corrected chi connectivity index (χ0v) is 11.7. The highest BCUT2D eigenvalue weighted by Gasteiger charge is 2.13. The second kappa shape index (κ2) is 4.63. The van der Waals surface area contributed by atoms with Crippen LogP contribution >= 0.6 is 0 Å². The van der Waals surface area contributed by atoms with E-state index in [9.17, 15) is 14.7 Å². The molecule has 5 nitrogen and oxygen atoms in total. The zero-order valence-electron chi connectivity index (χ0n) is 11.7. The number of aromatic nitrogens is 2. The van der Waals surface area contributed by atoms with Crippen molar-refractivity contribution in [2.24, 2.45) is 14.1 Å². The monoisotopic (exact) mass is 282 g/mol. The number of hydrogen-bond acceptors (Lipinski definition) is 3. The maximum atomic E-state index is 12.4. The van der Waals surface area contributed by atoms with E-state index in [1.54, 1.807) is 44.4 Å². The first-order chi connectivity index (χ1) is 9.99. The summed E-state index contributed by atoms with van der Waals surface area (Å²) in [5.41, 5.74) is 2.24. The Morgan fingerprint density at radius 2 is 1.62 bits per heavy atom. The Labute approximate surface area is 120 Å². The molecule has 0 spiro atoms. The maximum Gasteiger partial charge on any atom is 0.328 e. The Hall–Kier alpha value is -2.82. The largest absolute Gasteiger partial charge is 0.508 e. The minimum Gasteiger partial charge on any atom is -0.508 e. The van der Waals surface area contributed by atoms with Crippen molar-refractivity contribution in [3.8, 4) is 5.75 Å². The molecule has 2 aromatic carbocycles. The van der Waals surface area contributed by atoms with E-state index in [0.717, 1.165) is 5.52 Å². The molecule has 1 heterocycles. The maximum absolute atomic E-state index is 12.4. The first-order valence-corrected chi connectivity index (χ1v) is 6.48. The van der Waals surface area contributed by atoms with Crippen molar-refractivity contribution < 1.29 is 9.90 Å². The molecule has 1 aromatic heterocycles. The van der Waals surface area contributed by atoms with Gasteiger partial charge in [-0.1, -0.05) is 12.1 Å². The van der Waals surface area contributed by atoms with Crippen molar-refractivity contribution in [1.82, 2.24) is 9.13 Å². The Balaban J connectivity index is 2.15. The van der Waals surface area contributed by atoms with Crippen molar-refractivity contribution in [2.75, 3.05) is 0 Å². The van der Waals surface area contributed by atoms with E-state index in [1.807, 2.05) is 0 Å². The molecule has 0 aliphatic carbocycles. The van der Waals surface area contributed by atoms with Gasteiger partial charge in [0.05, 0.1) is 11.0 Å². The summed E-state index contributed by atoms with van der Waals surface area (Å²) in [7, 11) is 3.37. The number of carbonyl (C=O) groups is 1. The molecule has 0 bridgehead atoms. The summed E-state index contributed by atoms with van der Waals surface area (Å²) in [6, 6.07) is 11.4. The third-order valence-electron chi connectivity index (χ3n) is 3.64. The highest BCUT2D eigenvalue weighted by atomic mass is 16.3. The van der Waals surface area contributed by atoms with Gasteiger partial charge in [-0.15, -0.1) is 0 Å². The predicted molar refractivity (Wildman–Crippen MR) is 79.7 cm³/mol. The lowest BCUT2D eigenvalue weighted by atomic mass is 10.0. The molecule has 0 fully saturated rings. The van der Waals surface area contributed by atoms with Crippen LogP contribution in [0.2, 0.25) is 0 Å². The van der Waals surface area contributed by atoms with Crippen LogP contribution in [0.1, 0.15) is 15.9 Å². The van der Waals surface area contributed by atoms with Crippen LogP contribution in [-0.2, 0) is 14.1 Å². The van der Waals surface area contributed by atoms with Crippen LogP contribution in [0.4, 0.5) is 0 Å². The predicted octanol–water partition coefficient (Wildman–Crippen LogP) is 1.81. The topological polar surface area (TPSA) is 64.2 Å². The van der Waals surface area contributed by atoms with Gasteiger partial charge in [-0.25, -0.2) is 4.79 Å². The Bertz CT molecular complexity index is 919. The van der Waals surface area contributed by atoms with Gasteiger partial charge in [0.15, 0.2) is 5.78 Å². The van der Waals surface area contributed by atoms with E-state index >= 15 is 0 Å². The van der Waals surface area contributed by atoms with Gasteiger partial charge in [-0.2, -0.15) is 0 Å². The van der Waals surface area contributed by atoms with Gasteiger partial charge in [-0.05, 0) is 30.3 Å². The average Bonchev–Trinajstić information content (AvgIpc) is 2.71. The number of phenols is 1. The summed E-state index contributed by atoms with van der Waals surface area (Å²) >= 11 is 0. The normalized spacial score (nSPS) is 11.0. The molecule has 0 atom stereocenters. The molecule has 0 saturated carbocycles. The van der Waals surface area contributed by atoms with Gasteiger partial charge in [0.2, 0.25) is 0 Å². The minimum absolute atomic E-state index is 0.0500. The van der Waals surface area contributed by atoms with Crippen LogP contribution in [0.15, 0.2) is 47.3 Å². The number of ketones is 1. The number of fused-ring (bicyclic) bond motifs is 1. The molecule has 0 radical (unpaired) electrons. The van der Waals surface area contributed by atoms with E-state index in [2.05, 4.69) is 0 Å². The van der Waals surface area contributed by atoms with Crippen LogP contribution in [-0.4, -0.2) is 20.0 Å². The summed E-state index contributed by atoms with van der Waals surface area (Å²) in [5.74, 6) is -0.141. The van der Waals surface area contributed by atoms with Crippen LogP contribution in [0.5, 0.6) is 5.75 Å². The Morgan fingerprint density at radius 3 is 2.33 bits per heavy atom. The summed E-state index contributed by atoms with van der Waals surface area (Å²) < 4.78 is 3.05. The van der Waals surface area contributed by atoms with Crippen LogP contribution in [0, 0.1) is 0 Å². The summed E-state index contributed by atoms with van der Waals surface area (Å²) in [6.07, 6.45) is 0. The van der Waals surface area contributed by atoms with Crippen LogP contribution in [0.3, 0.4) is 0 Å². The summed E-state index contributed by atoms with van der Waals surface area (Å²) in [6.45, 7) is 0. The molecule has 0 amide bonds. The van der Waals surface area contributed by atoms with Gasteiger partial charge in [0, 0.05) is 25.2 Å². The second-order valence-corrected chi connectivity index (χ2v) is 4.98. The lowest BCUT2D eigenvalue weighted by molar-refractivity contribution is 0.103. The van der Waals surface area contributed by atoms with Gasteiger partial charge in [0.1, 0.15) is 5.75 Å². The van der Waals surface area contributed by atoms with Crippen molar-refractivity contribution in [2.45, 2.75) is 0 Å². The Morgan fingerprint density at radius 1 is 0.952 bits per heavy atom. The number of phenolic OH excluding ortho intramolecular Hbond substituents is 1. The summed E-state index contributed by atoms with van der Waals surface area (Å²) in [4.78, 5) is 24.3. The molecule has 21 heavy (non-hydrogen) atoms. The third kappa shape index (κ3) is 2.03. The Kier molecular flexibility index (Phi) is 2.90. The quantitative estimate of drug-likeness (QED) is 0.729. The highest BCUT2D eigenvalue weighted by molar-refractivity contribution is 6.10. The molecule has 106 valence electrons. The van der Waals surface area contributed by atoms with Crippen LogP contribution < -0.4 is 5.69 Å². The third-order valence-corrected chi connectivity index (χ3v) is 3.64. The van der Waals surface area contributed by atoms with Gasteiger partial charge in [-0.3, -0.25) is 13.9 Å². The molecule has 0 aliphatic heterocycles. The SMILES string of the molecule is Cn1c(=O)n(C)c2cc(C(=O)c3cccc(O)c3)ccc21. The second-order valence-electron chi connectivity index (χ2n) is 4.98. The van der Waals surface area contributed by atoms with Crippen molar-refractivity contribution in [3.05, 3.63) is 64.1 Å². The number of aryl methyl sites for hydroxylation is 2. The van der Waals surface area contributed by atoms with E-state index in [-0.39, 0.29) is 17.2 Å². The fourth-order valence-electron chi connectivity index (χ4n) is 2.46. The summed E-state index contributed by atoms with van der Waals surface area (Å²) in [5, 5.41) is 9.46. The molecule has 3 rings (SSSR count).